The molecule has 168 valence electrons. The van der Waals surface area contributed by atoms with Crippen LogP contribution in [0.5, 0.6) is 0 Å². The minimum atomic E-state index is -4.13. The summed E-state index contributed by atoms with van der Waals surface area (Å²) < 4.78 is 37.5. The molecule has 5 rings (SSSR count). The third-order valence-corrected chi connectivity index (χ3v) is 8.60. The number of hydrogen-bond acceptors (Lipinski definition) is 6. The number of carboxylic acid groups (broad SMARTS) is 1. The van der Waals surface area contributed by atoms with E-state index in [0.717, 1.165) is 27.1 Å². The molecule has 2 atom stereocenters. The summed E-state index contributed by atoms with van der Waals surface area (Å²) in [6.07, 6.45) is 0. The van der Waals surface area contributed by atoms with Crippen LogP contribution >= 0.6 is 11.7 Å². The van der Waals surface area contributed by atoms with Crippen molar-refractivity contribution >= 4 is 44.4 Å². The second-order valence-electron chi connectivity index (χ2n) is 8.31. The molecule has 0 fully saturated rings. The van der Waals surface area contributed by atoms with Gasteiger partial charge in [-0.3, -0.25) is 4.31 Å². The van der Waals surface area contributed by atoms with Crippen molar-refractivity contribution in [2.75, 3.05) is 4.31 Å². The largest absolute Gasteiger partial charge is 0.480 e. The van der Waals surface area contributed by atoms with Crippen molar-refractivity contribution in [1.29, 1.82) is 0 Å². The van der Waals surface area contributed by atoms with E-state index in [2.05, 4.69) is 8.75 Å². The summed E-state index contributed by atoms with van der Waals surface area (Å²) in [4.78, 5) is 12.9. The first-order chi connectivity index (χ1) is 15.7. The molecule has 2 heterocycles. The van der Waals surface area contributed by atoms with Gasteiger partial charge in [-0.25, -0.2) is 13.2 Å². The SMILES string of the molecule is Cc1cccc(C)c1N1C(C(=O)O)C(c2cc(C)c3nsnc3c2)c2ccccc2S1(=O)=O. The van der Waals surface area contributed by atoms with Gasteiger partial charge in [-0.15, -0.1) is 0 Å². The zero-order chi connectivity index (χ0) is 23.5. The molecular formula is C24H21N3O4S2. The van der Waals surface area contributed by atoms with Crippen molar-refractivity contribution in [3.8, 4) is 0 Å². The van der Waals surface area contributed by atoms with E-state index in [0.29, 0.717) is 33.5 Å². The number of fused-ring (bicyclic) bond motifs is 2. The second-order valence-corrected chi connectivity index (χ2v) is 10.6. The van der Waals surface area contributed by atoms with Crippen molar-refractivity contribution in [2.24, 2.45) is 0 Å². The number of sulfonamides is 1. The standard InChI is InChI=1S/C24H21N3O4S2/c1-13-7-6-8-14(2)22(13)27-23(24(28)29)20(17-9-4-5-10-19(17)33(27,30)31)16-11-15(3)21-18(12-16)25-32-26-21/h4-12,20,23H,1-3H3,(H,28,29). The number of rotatable bonds is 3. The average Bonchev–Trinajstić information content (AvgIpc) is 3.24. The smallest absolute Gasteiger partial charge is 0.328 e. The third kappa shape index (κ3) is 3.22. The van der Waals surface area contributed by atoms with Crippen molar-refractivity contribution in [3.05, 3.63) is 82.4 Å². The Labute approximate surface area is 195 Å². The average molecular weight is 480 g/mol. The van der Waals surface area contributed by atoms with Crippen LogP contribution in [0.15, 0.2) is 59.5 Å². The highest BCUT2D eigenvalue weighted by Gasteiger charge is 2.49. The summed E-state index contributed by atoms with van der Waals surface area (Å²) in [5.74, 6) is -1.94. The summed E-state index contributed by atoms with van der Waals surface area (Å²) in [6, 6.07) is 14.4. The molecule has 33 heavy (non-hydrogen) atoms. The minimum absolute atomic E-state index is 0.115. The van der Waals surface area contributed by atoms with E-state index in [9.17, 15) is 18.3 Å². The van der Waals surface area contributed by atoms with E-state index in [1.165, 1.54) is 0 Å². The zero-order valence-electron chi connectivity index (χ0n) is 18.2. The highest BCUT2D eigenvalue weighted by Crippen LogP contribution is 2.46. The predicted octanol–water partition coefficient (Wildman–Crippen LogP) is 4.41. The number of para-hydroxylation sites is 1. The monoisotopic (exact) mass is 479 g/mol. The van der Waals surface area contributed by atoms with Gasteiger partial charge in [0, 0.05) is 5.92 Å². The fraction of sp³-hybridized carbons (Fsp3) is 0.208. The van der Waals surface area contributed by atoms with E-state index >= 15 is 0 Å². The fourth-order valence-corrected chi connectivity index (χ4v) is 7.39. The van der Waals surface area contributed by atoms with Gasteiger partial charge in [0.25, 0.3) is 10.0 Å². The fourth-order valence-electron chi connectivity index (χ4n) is 4.81. The van der Waals surface area contributed by atoms with Crippen LogP contribution in [0, 0.1) is 20.8 Å². The number of nitrogens with zero attached hydrogens (tertiary/aromatic N) is 3. The second kappa shape index (κ2) is 7.64. The summed E-state index contributed by atoms with van der Waals surface area (Å²) in [7, 11) is -4.13. The Morgan fingerprint density at radius 2 is 1.67 bits per heavy atom. The van der Waals surface area contributed by atoms with Crippen LogP contribution in [0.1, 0.15) is 33.7 Å². The molecule has 9 heteroatoms. The number of hydrogen-bond donors (Lipinski definition) is 1. The van der Waals surface area contributed by atoms with Crippen molar-refractivity contribution in [1.82, 2.24) is 8.75 Å². The normalized spacial score (nSPS) is 19.4. The van der Waals surface area contributed by atoms with Gasteiger partial charge in [-0.05, 0) is 60.7 Å². The molecule has 2 unspecified atom stereocenters. The summed E-state index contributed by atoms with van der Waals surface area (Å²) in [6.45, 7) is 5.49. The van der Waals surface area contributed by atoms with Crippen molar-refractivity contribution < 1.29 is 18.3 Å². The molecule has 0 radical (unpaired) electrons. The number of anilines is 1. The molecule has 0 saturated heterocycles. The van der Waals surface area contributed by atoms with E-state index in [1.807, 2.05) is 25.1 Å². The molecule has 0 amide bonds. The lowest BCUT2D eigenvalue weighted by atomic mass is 9.83. The number of carboxylic acids is 1. The minimum Gasteiger partial charge on any atom is -0.480 e. The maximum Gasteiger partial charge on any atom is 0.328 e. The Morgan fingerprint density at radius 1 is 0.970 bits per heavy atom. The molecule has 4 aromatic rings. The van der Waals surface area contributed by atoms with E-state index < -0.39 is 28.0 Å². The number of carbonyl (C=O) groups is 1. The number of aliphatic carboxylic acids is 1. The molecule has 1 aliphatic rings. The van der Waals surface area contributed by atoms with Crippen LogP contribution in [0.2, 0.25) is 0 Å². The molecule has 7 nitrogen and oxygen atoms in total. The van der Waals surface area contributed by atoms with E-state index in [-0.39, 0.29) is 4.90 Å². The van der Waals surface area contributed by atoms with Crippen LogP contribution in [-0.4, -0.2) is 34.3 Å². The lowest BCUT2D eigenvalue weighted by Gasteiger charge is -2.41. The van der Waals surface area contributed by atoms with Crippen LogP contribution in [0.4, 0.5) is 5.69 Å². The first kappa shape index (κ1) is 21.5. The molecule has 0 aliphatic carbocycles. The Hall–Kier alpha value is -3.30. The van der Waals surface area contributed by atoms with E-state index in [4.69, 9.17) is 0 Å². The molecule has 1 N–H and O–H groups in total. The molecule has 1 aromatic heterocycles. The lowest BCUT2D eigenvalue weighted by molar-refractivity contribution is -0.138. The Bertz CT molecular complexity index is 1510. The third-order valence-electron chi connectivity index (χ3n) is 6.21. The molecule has 0 spiro atoms. The summed E-state index contributed by atoms with van der Waals surface area (Å²) in [5, 5.41) is 10.5. The first-order valence-electron chi connectivity index (χ1n) is 10.4. The first-order valence-corrected chi connectivity index (χ1v) is 12.5. The maximum atomic E-state index is 13.9. The molecule has 0 bridgehead atoms. The molecule has 0 saturated carbocycles. The Kier molecular flexibility index (Phi) is 4.98. The quantitative estimate of drug-likeness (QED) is 0.467. The molecule has 3 aromatic carbocycles. The summed E-state index contributed by atoms with van der Waals surface area (Å²) >= 11 is 1.09. The van der Waals surface area contributed by atoms with Crippen LogP contribution in [0.3, 0.4) is 0 Å². The Morgan fingerprint density at radius 3 is 2.36 bits per heavy atom. The number of aromatic nitrogens is 2. The topological polar surface area (TPSA) is 100 Å². The van der Waals surface area contributed by atoms with Gasteiger partial charge in [0.15, 0.2) is 6.04 Å². The maximum absolute atomic E-state index is 13.9. The van der Waals surface area contributed by atoms with E-state index in [1.54, 1.807) is 50.2 Å². The van der Waals surface area contributed by atoms with Crippen LogP contribution < -0.4 is 4.31 Å². The molecule has 1 aliphatic heterocycles. The zero-order valence-corrected chi connectivity index (χ0v) is 19.8. The lowest BCUT2D eigenvalue weighted by Crippen LogP contribution is -2.53. The molecular weight excluding hydrogens is 458 g/mol. The number of aryl methyl sites for hydroxylation is 3. The predicted molar refractivity (Wildman–Crippen MR) is 127 cm³/mol. The van der Waals surface area contributed by atoms with Gasteiger partial charge in [0.1, 0.15) is 11.0 Å². The van der Waals surface area contributed by atoms with Crippen LogP contribution in [0.25, 0.3) is 11.0 Å². The Balaban J connectivity index is 1.87. The van der Waals surface area contributed by atoms with Gasteiger partial charge in [-0.2, -0.15) is 8.75 Å². The van der Waals surface area contributed by atoms with Crippen molar-refractivity contribution in [2.45, 2.75) is 37.6 Å². The highest BCUT2D eigenvalue weighted by molar-refractivity contribution is 7.93. The van der Waals surface area contributed by atoms with Crippen LogP contribution in [-0.2, 0) is 14.8 Å². The summed E-state index contributed by atoms with van der Waals surface area (Å²) in [5.41, 5.74) is 5.25. The van der Waals surface area contributed by atoms with Gasteiger partial charge >= 0.3 is 5.97 Å². The van der Waals surface area contributed by atoms with Gasteiger partial charge < -0.3 is 5.11 Å². The van der Waals surface area contributed by atoms with Crippen molar-refractivity contribution in [3.63, 3.8) is 0 Å². The van der Waals surface area contributed by atoms with Gasteiger partial charge in [0.2, 0.25) is 0 Å². The van der Waals surface area contributed by atoms with Gasteiger partial charge in [0.05, 0.1) is 22.3 Å². The number of benzene rings is 3. The van der Waals surface area contributed by atoms with Gasteiger partial charge in [-0.1, -0.05) is 42.5 Å². The highest BCUT2D eigenvalue weighted by atomic mass is 32.2.